The molecular formula is C21H21N8O8S2+. The van der Waals surface area contributed by atoms with Gasteiger partial charge in [-0.2, -0.15) is 9.36 Å². The second kappa shape index (κ2) is 11.0. The molecule has 1 fully saturated rings. The van der Waals surface area contributed by atoms with E-state index in [1.54, 1.807) is 17.0 Å². The van der Waals surface area contributed by atoms with Crippen LogP contribution in [0.25, 0.3) is 0 Å². The Bertz CT molecular complexity index is 1420. The number of carboxylic acids is 2. The maximum Gasteiger partial charge on any atom is 0.352 e. The van der Waals surface area contributed by atoms with Crippen LogP contribution in [0.15, 0.2) is 41.0 Å². The average Bonchev–Trinajstić information content (AvgIpc) is 3.32. The smallest absolute Gasteiger partial charge is 0.352 e. The summed E-state index contributed by atoms with van der Waals surface area (Å²) in [5.41, 5.74) is 10.8. The SMILES string of the molecule is CC(ON=C(C(=O)NC1C(=O)N2C(C(=O)O)=C(C[n+]3ccc(C(N)=O)cc3)CS[C@H]12)c1nsc(N)n1)C(=O)O. The number of β-lactam (4-membered cyclic amide) rings is 1. The first-order valence-electron chi connectivity index (χ1n) is 11.0. The highest BCUT2D eigenvalue weighted by atomic mass is 32.2. The number of aromatic nitrogens is 3. The zero-order chi connectivity index (χ0) is 28.4. The van der Waals surface area contributed by atoms with Crippen LogP contribution < -0.4 is 21.4 Å². The van der Waals surface area contributed by atoms with Crippen LogP contribution in [0.1, 0.15) is 23.1 Å². The summed E-state index contributed by atoms with van der Waals surface area (Å²) in [6.45, 7) is 1.33. The summed E-state index contributed by atoms with van der Waals surface area (Å²) in [5, 5.41) is 24.2. The van der Waals surface area contributed by atoms with E-state index in [4.69, 9.17) is 21.4 Å². The van der Waals surface area contributed by atoms with E-state index < -0.39 is 52.9 Å². The van der Waals surface area contributed by atoms with Crippen LogP contribution in [-0.4, -0.2) is 83.1 Å². The molecule has 204 valence electrons. The van der Waals surface area contributed by atoms with Crippen molar-refractivity contribution in [2.45, 2.75) is 31.0 Å². The van der Waals surface area contributed by atoms with Gasteiger partial charge in [-0.1, -0.05) is 5.16 Å². The van der Waals surface area contributed by atoms with Crippen molar-refractivity contribution in [3.05, 3.63) is 47.2 Å². The number of pyridine rings is 1. The summed E-state index contributed by atoms with van der Waals surface area (Å²) in [4.78, 5) is 70.3. The molecule has 39 heavy (non-hydrogen) atoms. The maximum absolute atomic E-state index is 13.0. The summed E-state index contributed by atoms with van der Waals surface area (Å²) < 4.78 is 5.53. The number of carboxylic acid groups (broad SMARTS) is 2. The van der Waals surface area contributed by atoms with E-state index in [2.05, 4.69) is 19.8 Å². The number of thioether (sulfide) groups is 1. The fourth-order valence-corrected chi connectivity index (χ4v) is 5.42. The van der Waals surface area contributed by atoms with Crippen molar-refractivity contribution in [2.75, 3.05) is 11.5 Å². The number of primary amides is 1. The van der Waals surface area contributed by atoms with Crippen molar-refractivity contribution in [3.63, 3.8) is 0 Å². The molecule has 0 bridgehead atoms. The lowest BCUT2D eigenvalue weighted by molar-refractivity contribution is -0.689. The van der Waals surface area contributed by atoms with Gasteiger partial charge in [0.2, 0.25) is 23.5 Å². The standard InChI is InChI=1S/C21H20N8O8S2/c1-8(19(33)34)37-26-11(15-25-21(23)39-27-15)16(31)24-12-17(32)29-13(20(35)36)10(7-38-18(12)29)6-28-4-2-9(3-5-28)14(22)30/h2-5,8,12,18H,6-7H2,1H3,(H6-,22,23,24,25,27,30,31,33,34,35,36)/p+1/t8?,12?,18-/m1/s1. The minimum absolute atomic E-state index is 0.0106. The fraction of sp³-hybridized carbons (Fsp3) is 0.286. The monoisotopic (exact) mass is 577 g/mol. The highest BCUT2D eigenvalue weighted by Crippen LogP contribution is 2.40. The van der Waals surface area contributed by atoms with Gasteiger partial charge in [0.25, 0.3) is 11.8 Å². The Balaban J connectivity index is 1.53. The third-order valence-corrected chi connectivity index (χ3v) is 7.49. The molecule has 0 aromatic carbocycles. The average molecular weight is 578 g/mol. The van der Waals surface area contributed by atoms with Crippen LogP contribution in [0.2, 0.25) is 0 Å². The van der Waals surface area contributed by atoms with Gasteiger partial charge in [0.05, 0.1) is 5.56 Å². The van der Waals surface area contributed by atoms with Crippen molar-refractivity contribution in [2.24, 2.45) is 10.9 Å². The van der Waals surface area contributed by atoms with E-state index in [-0.39, 0.29) is 34.5 Å². The molecule has 0 radical (unpaired) electrons. The van der Waals surface area contributed by atoms with Crippen LogP contribution in [-0.2, 0) is 30.6 Å². The molecule has 2 aromatic rings. The number of hydrogen-bond donors (Lipinski definition) is 5. The Morgan fingerprint density at radius 2 is 2.00 bits per heavy atom. The Hall–Kier alpha value is -4.58. The molecule has 4 heterocycles. The molecule has 4 rings (SSSR count). The second-order valence-electron chi connectivity index (χ2n) is 8.22. The Morgan fingerprint density at radius 1 is 1.31 bits per heavy atom. The van der Waals surface area contributed by atoms with Gasteiger partial charge in [-0.15, -0.1) is 11.8 Å². The number of nitrogens with one attached hydrogen (secondary N) is 1. The fourth-order valence-electron chi connectivity index (χ4n) is 3.65. The number of rotatable bonds is 10. The Morgan fingerprint density at radius 3 is 2.56 bits per heavy atom. The number of carbonyl (C=O) groups excluding carboxylic acids is 3. The van der Waals surface area contributed by atoms with Crippen LogP contribution >= 0.6 is 23.3 Å². The van der Waals surface area contributed by atoms with Crippen molar-refractivity contribution in [3.8, 4) is 0 Å². The highest BCUT2D eigenvalue weighted by Gasteiger charge is 2.55. The first-order chi connectivity index (χ1) is 18.5. The van der Waals surface area contributed by atoms with Gasteiger partial charge in [-0.25, -0.2) is 14.2 Å². The van der Waals surface area contributed by atoms with Gasteiger partial charge in [-0.05, 0) is 6.92 Å². The number of anilines is 1. The summed E-state index contributed by atoms with van der Waals surface area (Å²) >= 11 is 2.00. The largest absolute Gasteiger partial charge is 0.478 e. The molecule has 2 unspecified atom stereocenters. The summed E-state index contributed by atoms with van der Waals surface area (Å²) in [6.07, 6.45) is 1.74. The lowest BCUT2D eigenvalue weighted by Gasteiger charge is -2.49. The number of carbonyl (C=O) groups is 5. The molecule has 3 amide bonds. The summed E-state index contributed by atoms with van der Waals surface area (Å²) in [7, 11) is 0. The van der Waals surface area contributed by atoms with E-state index in [0.29, 0.717) is 5.57 Å². The van der Waals surface area contributed by atoms with Crippen LogP contribution in [0.3, 0.4) is 0 Å². The second-order valence-corrected chi connectivity index (χ2v) is 10.1. The molecule has 2 aliphatic rings. The van der Waals surface area contributed by atoms with Crippen LogP contribution in [0, 0.1) is 0 Å². The minimum Gasteiger partial charge on any atom is -0.478 e. The number of fused-ring (bicyclic) bond motifs is 1. The normalized spacial score (nSPS) is 19.6. The number of nitrogen functional groups attached to an aromatic ring is 1. The lowest BCUT2D eigenvalue weighted by atomic mass is 10.0. The number of oxime groups is 1. The lowest BCUT2D eigenvalue weighted by Crippen LogP contribution is -2.71. The molecule has 2 aromatic heterocycles. The van der Waals surface area contributed by atoms with Crippen LogP contribution in [0.5, 0.6) is 0 Å². The molecule has 18 heteroatoms. The van der Waals surface area contributed by atoms with Crippen molar-refractivity contribution >= 4 is 63.8 Å². The minimum atomic E-state index is -1.40. The highest BCUT2D eigenvalue weighted by molar-refractivity contribution is 8.00. The number of aliphatic carboxylic acids is 2. The third kappa shape index (κ3) is 5.65. The first-order valence-corrected chi connectivity index (χ1v) is 12.9. The van der Waals surface area contributed by atoms with E-state index in [1.807, 2.05) is 0 Å². The van der Waals surface area contributed by atoms with E-state index >= 15 is 0 Å². The third-order valence-electron chi connectivity index (χ3n) is 5.60. The molecule has 3 atom stereocenters. The summed E-state index contributed by atoms with van der Waals surface area (Å²) in [5.74, 6) is -4.87. The van der Waals surface area contributed by atoms with Gasteiger partial charge < -0.3 is 31.8 Å². The molecule has 0 spiro atoms. The van der Waals surface area contributed by atoms with Gasteiger partial charge >= 0.3 is 11.9 Å². The van der Waals surface area contributed by atoms with Gasteiger partial charge in [0, 0.05) is 35.0 Å². The van der Waals surface area contributed by atoms with Crippen molar-refractivity contribution < 1.29 is 43.6 Å². The van der Waals surface area contributed by atoms with Gasteiger partial charge in [0.15, 0.2) is 24.1 Å². The number of amides is 3. The number of hydrogen-bond acceptors (Lipinski definition) is 12. The van der Waals surface area contributed by atoms with E-state index in [0.717, 1.165) is 16.4 Å². The van der Waals surface area contributed by atoms with Crippen LogP contribution in [0.4, 0.5) is 5.13 Å². The molecule has 16 nitrogen and oxygen atoms in total. The van der Waals surface area contributed by atoms with Crippen molar-refractivity contribution in [1.29, 1.82) is 0 Å². The zero-order valence-corrected chi connectivity index (χ0v) is 21.6. The molecule has 0 aliphatic carbocycles. The van der Waals surface area contributed by atoms with E-state index in [9.17, 15) is 29.1 Å². The number of nitrogens with zero attached hydrogens (tertiary/aromatic N) is 5. The Kier molecular flexibility index (Phi) is 7.77. The first kappa shape index (κ1) is 27.5. The molecule has 2 aliphatic heterocycles. The Labute approximate surface area is 227 Å². The van der Waals surface area contributed by atoms with Gasteiger partial charge in [0.1, 0.15) is 17.1 Å². The summed E-state index contributed by atoms with van der Waals surface area (Å²) in [6, 6.07) is 1.87. The molecule has 0 saturated carbocycles. The topological polar surface area (TPSA) is 244 Å². The predicted octanol–water partition coefficient (Wildman–Crippen LogP) is -1.86. The zero-order valence-electron chi connectivity index (χ0n) is 20.0. The number of nitrogens with two attached hydrogens (primary N) is 2. The molecule has 7 N–H and O–H groups in total. The predicted molar refractivity (Wildman–Crippen MR) is 134 cm³/mol. The van der Waals surface area contributed by atoms with Crippen molar-refractivity contribution in [1.82, 2.24) is 19.6 Å². The van der Waals surface area contributed by atoms with Gasteiger partial charge in [-0.3, -0.25) is 19.3 Å². The van der Waals surface area contributed by atoms with E-state index in [1.165, 1.54) is 30.8 Å². The molecular weight excluding hydrogens is 556 g/mol. The molecule has 1 saturated heterocycles. The maximum atomic E-state index is 13.0. The quantitative estimate of drug-likeness (QED) is 0.0903.